The highest BCUT2D eigenvalue weighted by Gasteiger charge is 2.39. The molecule has 2 saturated heterocycles. The summed E-state index contributed by atoms with van der Waals surface area (Å²) >= 11 is 0. The first-order valence-electron chi connectivity index (χ1n) is 5.03. The molecule has 0 saturated carbocycles. The Morgan fingerprint density at radius 1 is 1.50 bits per heavy atom. The summed E-state index contributed by atoms with van der Waals surface area (Å²) in [4.78, 5) is 12.9. The molecule has 2 aliphatic heterocycles. The second-order valence-electron chi connectivity index (χ2n) is 3.91. The molecule has 3 unspecified atom stereocenters. The Labute approximate surface area is 82.1 Å². The van der Waals surface area contributed by atoms with Crippen LogP contribution in [0.15, 0.2) is 0 Å². The van der Waals surface area contributed by atoms with Gasteiger partial charge >= 0.3 is 0 Å². The minimum Gasteiger partial charge on any atom is -0.383 e. The van der Waals surface area contributed by atoms with Crippen molar-refractivity contribution >= 4 is 5.91 Å². The summed E-state index contributed by atoms with van der Waals surface area (Å²) in [6.45, 7) is 1.54. The highest BCUT2D eigenvalue weighted by atomic mass is 19.1. The van der Waals surface area contributed by atoms with E-state index in [4.69, 9.17) is 0 Å². The van der Waals surface area contributed by atoms with Crippen LogP contribution >= 0.6 is 0 Å². The first kappa shape index (κ1) is 9.86. The van der Waals surface area contributed by atoms with Crippen molar-refractivity contribution in [1.29, 1.82) is 0 Å². The van der Waals surface area contributed by atoms with Gasteiger partial charge in [-0.05, 0) is 19.4 Å². The van der Waals surface area contributed by atoms with Gasteiger partial charge < -0.3 is 15.3 Å². The van der Waals surface area contributed by atoms with Gasteiger partial charge in [0, 0.05) is 13.1 Å². The van der Waals surface area contributed by atoms with E-state index in [-0.39, 0.29) is 11.9 Å². The van der Waals surface area contributed by atoms with E-state index >= 15 is 0 Å². The van der Waals surface area contributed by atoms with Gasteiger partial charge in [0.25, 0.3) is 5.91 Å². The molecule has 0 aromatic heterocycles. The van der Waals surface area contributed by atoms with Gasteiger partial charge in [-0.2, -0.15) is 0 Å². The molecule has 0 spiro atoms. The Bertz CT molecular complexity index is 237. The van der Waals surface area contributed by atoms with Crippen molar-refractivity contribution in [3.8, 4) is 0 Å². The van der Waals surface area contributed by atoms with Gasteiger partial charge in [0.15, 0.2) is 0 Å². The average molecular weight is 202 g/mol. The van der Waals surface area contributed by atoms with Crippen LogP contribution in [0.1, 0.15) is 12.8 Å². The zero-order chi connectivity index (χ0) is 10.1. The number of halogens is 1. The molecular weight excluding hydrogens is 187 g/mol. The normalized spacial score (nSPS) is 39.1. The molecule has 0 aliphatic carbocycles. The molecule has 14 heavy (non-hydrogen) atoms. The maximum atomic E-state index is 13.5. The van der Waals surface area contributed by atoms with Gasteiger partial charge in [-0.15, -0.1) is 0 Å². The molecule has 4 nitrogen and oxygen atoms in total. The van der Waals surface area contributed by atoms with Crippen molar-refractivity contribution in [2.45, 2.75) is 31.2 Å². The number of nitrogens with one attached hydrogen (secondary N) is 1. The summed E-state index contributed by atoms with van der Waals surface area (Å²) in [5, 5.41) is 12.2. The lowest BCUT2D eigenvalue weighted by molar-refractivity contribution is -0.138. The van der Waals surface area contributed by atoms with E-state index in [0.29, 0.717) is 25.9 Å². The largest absolute Gasteiger partial charge is 0.383 e. The zero-order valence-corrected chi connectivity index (χ0v) is 7.95. The van der Waals surface area contributed by atoms with Gasteiger partial charge in [0.05, 0.1) is 6.04 Å². The van der Waals surface area contributed by atoms with Crippen molar-refractivity contribution < 1.29 is 14.3 Å². The van der Waals surface area contributed by atoms with E-state index in [9.17, 15) is 14.3 Å². The Balaban J connectivity index is 2.03. The van der Waals surface area contributed by atoms with Crippen molar-refractivity contribution in [3.05, 3.63) is 0 Å². The van der Waals surface area contributed by atoms with Crippen LogP contribution in [0.25, 0.3) is 0 Å². The maximum Gasteiger partial charge on any atom is 0.251 e. The van der Waals surface area contributed by atoms with E-state index < -0.39 is 12.3 Å². The molecule has 0 radical (unpaired) electrons. The number of alkyl halides is 1. The fraction of sp³-hybridized carbons (Fsp3) is 0.889. The second kappa shape index (κ2) is 3.82. The minimum atomic E-state index is -1.00. The summed E-state index contributed by atoms with van der Waals surface area (Å²) < 4.78 is 13.5. The molecule has 0 bridgehead atoms. The number of hydrogen-bond donors (Lipinski definition) is 2. The van der Waals surface area contributed by atoms with E-state index in [0.717, 1.165) is 6.54 Å². The van der Waals surface area contributed by atoms with Gasteiger partial charge in [-0.3, -0.25) is 4.79 Å². The van der Waals surface area contributed by atoms with Crippen molar-refractivity contribution in [1.82, 2.24) is 10.2 Å². The van der Waals surface area contributed by atoms with Gasteiger partial charge in [0.1, 0.15) is 12.3 Å². The number of nitrogens with zero attached hydrogens (tertiary/aromatic N) is 1. The van der Waals surface area contributed by atoms with Crippen LogP contribution in [0.3, 0.4) is 0 Å². The van der Waals surface area contributed by atoms with Crippen LogP contribution in [0.2, 0.25) is 0 Å². The van der Waals surface area contributed by atoms with E-state index in [2.05, 4.69) is 5.32 Å². The van der Waals surface area contributed by atoms with Gasteiger partial charge in [-0.1, -0.05) is 0 Å². The third kappa shape index (κ3) is 1.62. The molecule has 2 heterocycles. The third-order valence-electron chi connectivity index (χ3n) is 2.99. The molecular formula is C9H15FN2O2. The van der Waals surface area contributed by atoms with E-state index in [1.807, 2.05) is 0 Å². The molecule has 80 valence electrons. The molecule has 2 aliphatic rings. The first-order valence-corrected chi connectivity index (χ1v) is 5.03. The summed E-state index contributed by atoms with van der Waals surface area (Å²) in [5.74, 6) is -0.306. The van der Waals surface area contributed by atoms with Crippen molar-refractivity contribution in [2.24, 2.45) is 0 Å². The Morgan fingerprint density at radius 2 is 2.29 bits per heavy atom. The Kier molecular flexibility index (Phi) is 2.69. The fourth-order valence-electron chi connectivity index (χ4n) is 2.17. The summed E-state index contributed by atoms with van der Waals surface area (Å²) in [6, 6.07) is -0.332. The molecule has 2 fully saturated rings. The zero-order valence-electron chi connectivity index (χ0n) is 7.95. The number of aliphatic hydroxyl groups is 1. The number of carbonyl (C=O) groups is 1. The highest BCUT2D eigenvalue weighted by Crippen LogP contribution is 2.21. The predicted molar refractivity (Wildman–Crippen MR) is 48.5 cm³/mol. The Morgan fingerprint density at radius 3 is 2.86 bits per heavy atom. The number of rotatable bonds is 1. The monoisotopic (exact) mass is 202 g/mol. The maximum absolute atomic E-state index is 13.5. The van der Waals surface area contributed by atoms with Gasteiger partial charge in [-0.25, -0.2) is 4.39 Å². The van der Waals surface area contributed by atoms with Crippen LogP contribution in [-0.2, 0) is 4.79 Å². The van der Waals surface area contributed by atoms with Crippen LogP contribution < -0.4 is 5.32 Å². The number of likely N-dealkylation sites (tertiary alicyclic amines) is 1. The minimum absolute atomic E-state index is 0.306. The molecule has 1 amide bonds. The SMILES string of the molecule is O=C1C(O)CCN1C1CCNCC1F. The lowest BCUT2D eigenvalue weighted by atomic mass is 10.0. The van der Waals surface area contributed by atoms with Crippen LogP contribution in [0.5, 0.6) is 0 Å². The molecule has 2 rings (SSSR count). The molecule has 3 atom stereocenters. The standard InChI is InChI=1S/C9H15FN2O2/c10-6-5-11-3-1-7(6)12-4-2-8(13)9(12)14/h6-8,11,13H,1-5H2. The molecule has 2 N–H and O–H groups in total. The van der Waals surface area contributed by atoms with E-state index in [1.54, 1.807) is 0 Å². The summed E-state index contributed by atoms with van der Waals surface area (Å²) in [5.41, 5.74) is 0. The number of piperidine rings is 1. The number of hydrogen-bond acceptors (Lipinski definition) is 3. The number of aliphatic hydroxyl groups excluding tert-OH is 1. The van der Waals surface area contributed by atoms with Gasteiger partial charge in [0.2, 0.25) is 0 Å². The van der Waals surface area contributed by atoms with Crippen LogP contribution in [0.4, 0.5) is 4.39 Å². The average Bonchev–Trinajstić information content (AvgIpc) is 2.49. The first-order chi connectivity index (χ1) is 6.70. The fourth-order valence-corrected chi connectivity index (χ4v) is 2.17. The summed E-state index contributed by atoms with van der Waals surface area (Å²) in [6.07, 6.45) is -0.829. The number of amides is 1. The Hall–Kier alpha value is -0.680. The summed E-state index contributed by atoms with van der Waals surface area (Å²) in [7, 11) is 0. The van der Waals surface area contributed by atoms with Crippen LogP contribution in [0, 0.1) is 0 Å². The lowest BCUT2D eigenvalue weighted by Gasteiger charge is -2.34. The molecule has 0 aromatic carbocycles. The van der Waals surface area contributed by atoms with E-state index in [1.165, 1.54) is 4.90 Å². The predicted octanol–water partition coefficient (Wildman–Crippen LogP) is -0.720. The quantitative estimate of drug-likeness (QED) is 0.590. The lowest BCUT2D eigenvalue weighted by Crippen LogP contribution is -2.52. The molecule has 0 aromatic rings. The van der Waals surface area contributed by atoms with Crippen molar-refractivity contribution in [3.63, 3.8) is 0 Å². The third-order valence-corrected chi connectivity index (χ3v) is 2.99. The van der Waals surface area contributed by atoms with Crippen molar-refractivity contribution in [2.75, 3.05) is 19.6 Å². The highest BCUT2D eigenvalue weighted by molar-refractivity contribution is 5.83. The topological polar surface area (TPSA) is 52.6 Å². The second-order valence-corrected chi connectivity index (χ2v) is 3.91. The number of carbonyl (C=O) groups excluding carboxylic acids is 1. The van der Waals surface area contributed by atoms with Crippen LogP contribution in [-0.4, -0.2) is 53.9 Å². The molecule has 5 heteroatoms. The smallest absolute Gasteiger partial charge is 0.251 e.